The van der Waals surface area contributed by atoms with Crippen molar-refractivity contribution in [2.45, 2.75) is 20.4 Å². The molecule has 0 aromatic carbocycles. The maximum Gasteiger partial charge on any atom is 0.348 e. The van der Waals surface area contributed by atoms with Crippen molar-refractivity contribution >= 4 is 12.0 Å². The molecule has 0 spiro atoms. The summed E-state index contributed by atoms with van der Waals surface area (Å²) in [6.45, 7) is 4.83. The highest BCUT2D eigenvalue weighted by Crippen LogP contribution is 2.05. The summed E-state index contributed by atoms with van der Waals surface area (Å²) in [5, 5.41) is 8.88. The van der Waals surface area contributed by atoms with Crippen LogP contribution in [0.5, 0.6) is 0 Å². The molecule has 0 amide bonds. The standard InChI is InChI=1S/C13H15N2O2.HI/c1-3-15-7-5-6-11(10-15)8-12(9-14)13(16)17-4-2;/h5-8,10H,3-4H2,1-2H3;1H/q+1;/p-1/b12-8-;. The van der Waals surface area contributed by atoms with E-state index in [9.17, 15) is 4.79 Å². The Hall–Kier alpha value is -1.42. The average Bonchev–Trinajstić information content (AvgIpc) is 2.36. The Balaban J connectivity index is 0.00000289. The second-order valence-corrected chi connectivity index (χ2v) is 3.36. The maximum atomic E-state index is 11.4. The molecule has 0 aliphatic carbocycles. The monoisotopic (exact) mass is 358 g/mol. The van der Waals surface area contributed by atoms with Crippen molar-refractivity contribution in [1.82, 2.24) is 0 Å². The molecule has 18 heavy (non-hydrogen) atoms. The molecule has 1 heterocycles. The number of pyridine rings is 1. The Morgan fingerprint density at radius 2 is 2.28 bits per heavy atom. The molecule has 0 unspecified atom stereocenters. The number of carbonyl (C=O) groups is 1. The zero-order valence-corrected chi connectivity index (χ0v) is 12.5. The number of esters is 1. The predicted octanol–water partition coefficient (Wildman–Crippen LogP) is -1.53. The summed E-state index contributed by atoms with van der Waals surface area (Å²) in [5.74, 6) is -0.582. The Morgan fingerprint density at radius 1 is 1.56 bits per heavy atom. The molecule has 96 valence electrons. The van der Waals surface area contributed by atoms with Crippen LogP contribution in [0.3, 0.4) is 0 Å². The van der Waals surface area contributed by atoms with Gasteiger partial charge in [0.05, 0.1) is 6.61 Å². The summed E-state index contributed by atoms with van der Waals surface area (Å²) in [5.41, 5.74) is 0.819. The molecule has 0 N–H and O–H groups in total. The van der Waals surface area contributed by atoms with Crippen molar-refractivity contribution in [1.29, 1.82) is 5.26 Å². The van der Waals surface area contributed by atoms with E-state index in [1.54, 1.807) is 6.92 Å². The number of hydrogen-bond donors (Lipinski definition) is 0. The van der Waals surface area contributed by atoms with Crippen molar-refractivity contribution in [3.05, 3.63) is 35.7 Å². The first-order chi connectivity index (χ1) is 8.21. The summed E-state index contributed by atoms with van der Waals surface area (Å²) in [6, 6.07) is 5.56. The van der Waals surface area contributed by atoms with E-state index in [1.165, 1.54) is 6.08 Å². The molecule has 0 saturated heterocycles. The van der Waals surface area contributed by atoms with Gasteiger partial charge in [-0.2, -0.15) is 5.26 Å². The molecule has 1 aromatic heterocycles. The van der Waals surface area contributed by atoms with E-state index in [-0.39, 0.29) is 36.2 Å². The van der Waals surface area contributed by atoms with E-state index >= 15 is 0 Å². The van der Waals surface area contributed by atoms with Gasteiger partial charge in [0.2, 0.25) is 0 Å². The van der Waals surface area contributed by atoms with Crippen LogP contribution in [-0.4, -0.2) is 12.6 Å². The van der Waals surface area contributed by atoms with E-state index in [4.69, 9.17) is 10.00 Å². The first kappa shape index (κ1) is 16.6. The van der Waals surface area contributed by atoms with Crippen LogP contribution in [0.4, 0.5) is 0 Å². The van der Waals surface area contributed by atoms with Gasteiger partial charge >= 0.3 is 5.97 Å². The highest BCUT2D eigenvalue weighted by Gasteiger charge is 2.10. The van der Waals surface area contributed by atoms with Crippen LogP contribution in [-0.2, 0) is 16.1 Å². The van der Waals surface area contributed by atoms with Gasteiger partial charge in [-0.25, -0.2) is 9.36 Å². The molecule has 4 nitrogen and oxygen atoms in total. The molecule has 0 atom stereocenters. The number of carbonyl (C=O) groups excluding carboxylic acids is 1. The van der Waals surface area contributed by atoms with E-state index in [0.29, 0.717) is 0 Å². The van der Waals surface area contributed by atoms with Gasteiger partial charge < -0.3 is 28.7 Å². The number of nitriles is 1. The van der Waals surface area contributed by atoms with Gasteiger partial charge in [-0.15, -0.1) is 0 Å². The molecule has 1 rings (SSSR count). The largest absolute Gasteiger partial charge is 1.00 e. The molecular weight excluding hydrogens is 343 g/mol. The van der Waals surface area contributed by atoms with Crippen LogP contribution < -0.4 is 28.5 Å². The molecule has 0 fully saturated rings. The van der Waals surface area contributed by atoms with Crippen molar-refractivity contribution in [3.8, 4) is 6.07 Å². The quantitative estimate of drug-likeness (QED) is 0.216. The number of nitrogens with zero attached hydrogens (tertiary/aromatic N) is 2. The van der Waals surface area contributed by atoms with Crippen LogP contribution in [0.1, 0.15) is 19.4 Å². The van der Waals surface area contributed by atoms with Crippen molar-refractivity contribution in [2.24, 2.45) is 0 Å². The van der Waals surface area contributed by atoms with Gasteiger partial charge in [0.15, 0.2) is 12.4 Å². The van der Waals surface area contributed by atoms with E-state index in [2.05, 4.69) is 0 Å². The topological polar surface area (TPSA) is 54.0 Å². The SMILES string of the molecule is CCOC(=O)/C(C#N)=C\c1ccc[n+](CC)c1.[I-]. The maximum absolute atomic E-state index is 11.4. The summed E-state index contributed by atoms with van der Waals surface area (Å²) >= 11 is 0. The van der Waals surface area contributed by atoms with Gasteiger partial charge in [-0.1, -0.05) is 0 Å². The molecule has 0 aliphatic heterocycles. The molecule has 0 aliphatic rings. The Morgan fingerprint density at radius 3 is 2.83 bits per heavy atom. The molecule has 1 aromatic rings. The van der Waals surface area contributed by atoms with Crippen molar-refractivity contribution in [3.63, 3.8) is 0 Å². The summed E-state index contributed by atoms with van der Waals surface area (Å²) in [6.07, 6.45) is 5.33. The van der Waals surface area contributed by atoms with Crippen molar-refractivity contribution < 1.29 is 38.1 Å². The summed E-state index contributed by atoms with van der Waals surface area (Å²) < 4.78 is 6.75. The lowest BCUT2D eigenvalue weighted by Gasteiger charge is -1.99. The second kappa shape index (κ2) is 8.64. The Bertz CT molecular complexity index is 478. The highest BCUT2D eigenvalue weighted by molar-refractivity contribution is 5.97. The van der Waals surface area contributed by atoms with E-state index in [0.717, 1.165) is 12.1 Å². The Kier molecular flexibility index (Phi) is 7.96. The third-order valence-corrected chi connectivity index (χ3v) is 2.17. The number of ether oxygens (including phenoxy) is 1. The predicted molar refractivity (Wildman–Crippen MR) is 62.5 cm³/mol. The van der Waals surface area contributed by atoms with Gasteiger partial charge in [-0.05, 0) is 26.0 Å². The third-order valence-electron chi connectivity index (χ3n) is 2.17. The van der Waals surface area contributed by atoms with Crippen LogP contribution in [0, 0.1) is 11.3 Å². The molecular formula is C13H15IN2O2. The fraction of sp³-hybridized carbons (Fsp3) is 0.308. The normalized spacial score (nSPS) is 10.2. The lowest BCUT2D eigenvalue weighted by molar-refractivity contribution is -0.693. The zero-order valence-electron chi connectivity index (χ0n) is 10.4. The van der Waals surface area contributed by atoms with Gasteiger partial charge in [0, 0.05) is 11.6 Å². The Labute approximate surface area is 124 Å². The number of aryl methyl sites for hydroxylation is 1. The minimum Gasteiger partial charge on any atom is -1.00 e. The fourth-order valence-electron chi connectivity index (χ4n) is 1.34. The minimum absolute atomic E-state index is 0. The second-order valence-electron chi connectivity index (χ2n) is 3.36. The van der Waals surface area contributed by atoms with Crippen LogP contribution in [0.2, 0.25) is 0 Å². The lowest BCUT2D eigenvalue weighted by Crippen LogP contribution is -3.00. The smallest absolute Gasteiger partial charge is 0.348 e. The first-order valence-electron chi connectivity index (χ1n) is 5.49. The molecule has 0 saturated carbocycles. The van der Waals surface area contributed by atoms with Crippen LogP contribution in [0.15, 0.2) is 30.1 Å². The highest BCUT2D eigenvalue weighted by atomic mass is 127. The van der Waals surface area contributed by atoms with Crippen molar-refractivity contribution in [2.75, 3.05) is 6.61 Å². The average molecular weight is 358 g/mol. The van der Waals surface area contributed by atoms with Gasteiger partial charge in [0.1, 0.15) is 18.2 Å². The number of hydrogen-bond acceptors (Lipinski definition) is 3. The first-order valence-corrected chi connectivity index (χ1v) is 5.49. The molecule has 0 bridgehead atoms. The molecule has 5 heteroatoms. The fourth-order valence-corrected chi connectivity index (χ4v) is 1.34. The van der Waals surface area contributed by atoms with Gasteiger partial charge in [0.25, 0.3) is 0 Å². The van der Waals surface area contributed by atoms with E-state index < -0.39 is 5.97 Å². The van der Waals surface area contributed by atoms with Gasteiger partial charge in [-0.3, -0.25) is 0 Å². The number of aromatic nitrogens is 1. The molecule has 0 radical (unpaired) electrons. The third kappa shape index (κ3) is 4.84. The van der Waals surface area contributed by atoms with E-state index in [1.807, 2.05) is 42.1 Å². The number of rotatable bonds is 4. The lowest BCUT2D eigenvalue weighted by atomic mass is 10.2. The summed E-state index contributed by atoms with van der Waals surface area (Å²) in [4.78, 5) is 11.4. The zero-order chi connectivity index (χ0) is 12.7. The van der Waals surface area contributed by atoms with Crippen LogP contribution >= 0.6 is 0 Å². The van der Waals surface area contributed by atoms with Crippen LogP contribution in [0.25, 0.3) is 6.08 Å². The summed E-state index contributed by atoms with van der Waals surface area (Å²) in [7, 11) is 0. The minimum atomic E-state index is -0.582. The number of halogens is 1.